The summed E-state index contributed by atoms with van der Waals surface area (Å²) < 4.78 is 5.26. The molecule has 47 heavy (non-hydrogen) atoms. The summed E-state index contributed by atoms with van der Waals surface area (Å²) >= 11 is 1.63. The Hall–Kier alpha value is -3.66. The average Bonchev–Trinajstić information content (AvgIpc) is 3.07. The van der Waals surface area contributed by atoms with Gasteiger partial charge in [0.25, 0.3) is 5.91 Å². The van der Waals surface area contributed by atoms with E-state index in [1.54, 1.807) is 36.9 Å². The highest BCUT2D eigenvalue weighted by molar-refractivity contribution is 7.99. The SMILES string of the molecule is CC(=O)Oc1cccc(C(=O)N[C@@H](CSc2ccccc2)[C@H](O)CN2CC[C@@H]3CCCC[C@@H]3C2)c1C.Cc1ccccc1CNC=O. The number of aliphatic hydroxyl groups is 1. The highest BCUT2D eigenvalue weighted by Gasteiger charge is 2.33. The van der Waals surface area contributed by atoms with Gasteiger partial charge in [-0.25, -0.2) is 0 Å². The third kappa shape index (κ3) is 11.2. The summed E-state index contributed by atoms with van der Waals surface area (Å²) in [4.78, 5) is 38.2. The molecule has 5 rings (SSSR count). The van der Waals surface area contributed by atoms with Crippen molar-refractivity contribution >= 4 is 30.0 Å². The van der Waals surface area contributed by atoms with E-state index in [0.29, 0.717) is 42.1 Å². The van der Waals surface area contributed by atoms with Crippen molar-refractivity contribution in [2.75, 3.05) is 25.4 Å². The van der Waals surface area contributed by atoms with E-state index in [2.05, 4.69) is 15.5 Å². The standard InChI is InChI=1S/C29H38N2O4S.C9H11NO/c1-20-25(13-8-14-28(20)35-21(2)32)29(34)30-26(19-36-24-11-4-3-5-12-24)27(33)18-31-16-15-22-9-6-7-10-23(22)17-31;1-8-4-2-3-5-9(8)6-10-7-11/h3-5,8,11-14,22-23,26-27,33H,6-7,9-10,15-19H2,1-2H3,(H,30,34);2-5,7H,6H2,1H3,(H,10,11)/t22-,23+,26-,27+;/m0./s1. The van der Waals surface area contributed by atoms with E-state index in [9.17, 15) is 19.5 Å². The molecule has 1 heterocycles. The van der Waals surface area contributed by atoms with Gasteiger partial charge >= 0.3 is 5.97 Å². The summed E-state index contributed by atoms with van der Waals surface area (Å²) in [5.74, 6) is 1.80. The number of esters is 1. The summed E-state index contributed by atoms with van der Waals surface area (Å²) in [6.45, 7) is 8.36. The first kappa shape index (κ1) is 36.2. The number of piperidine rings is 1. The maximum atomic E-state index is 13.3. The molecule has 3 N–H and O–H groups in total. The number of hydrogen-bond acceptors (Lipinski definition) is 7. The van der Waals surface area contributed by atoms with Crippen molar-refractivity contribution in [2.45, 2.75) is 76.5 Å². The molecule has 2 fully saturated rings. The molecule has 0 bridgehead atoms. The molecule has 0 aromatic heterocycles. The van der Waals surface area contributed by atoms with Crippen molar-refractivity contribution in [1.29, 1.82) is 0 Å². The van der Waals surface area contributed by atoms with E-state index in [4.69, 9.17) is 4.74 Å². The zero-order chi connectivity index (χ0) is 33.6. The van der Waals surface area contributed by atoms with Crippen LogP contribution in [0.1, 0.15) is 66.1 Å². The van der Waals surface area contributed by atoms with Crippen molar-refractivity contribution in [2.24, 2.45) is 11.8 Å². The summed E-state index contributed by atoms with van der Waals surface area (Å²) in [6.07, 6.45) is 6.53. The predicted octanol–water partition coefficient (Wildman–Crippen LogP) is 5.93. The van der Waals surface area contributed by atoms with Crippen LogP contribution in [0.2, 0.25) is 0 Å². The smallest absolute Gasteiger partial charge is 0.308 e. The molecule has 4 atom stereocenters. The first-order valence-corrected chi connectivity index (χ1v) is 17.6. The van der Waals surface area contributed by atoms with Gasteiger partial charge in [-0.05, 0) is 80.5 Å². The van der Waals surface area contributed by atoms with Crippen molar-refractivity contribution < 1.29 is 24.2 Å². The van der Waals surface area contributed by atoms with Gasteiger partial charge in [0.15, 0.2) is 0 Å². The number of carbonyl (C=O) groups is 3. The minimum Gasteiger partial charge on any atom is -0.426 e. The number of hydrogen-bond donors (Lipinski definition) is 3. The van der Waals surface area contributed by atoms with Gasteiger partial charge in [-0.2, -0.15) is 0 Å². The number of carbonyl (C=O) groups excluding carboxylic acids is 3. The Labute approximate surface area is 283 Å². The van der Waals surface area contributed by atoms with Crippen LogP contribution < -0.4 is 15.4 Å². The fourth-order valence-corrected chi connectivity index (χ4v) is 7.54. The van der Waals surface area contributed by atoms with Crippen LogP contribution in [-0.2, 0) is 16.1 Å². The number of likely N-dealkylation sites (tertiary alicyclic amines) is 1. The zero-order valence-corrected chi connectivity index (χ0v) is 28.6. The quantitative estimate of drug-likeness (QED) is 0.0959. The van der Waals surface area contributed by atoms with Crippen molar-refractivity contribution in [3.05, 3.63) is 95.1 Å². The number of aryl methyl sites for hydroxylation is 1. The molecule has 1 aliphatic heterocycles. The Kier molecular flexibility index (Phi) is 14.3. The first-order chi connectivity index (χ1) is 22.7. The molecule has 3 aromatic carbocycles. The largest absolute Gasteiger partial charge is 0.426 e. The Morgan fingerprint density at radius 3 is 2.43 bits per heavy atom. The second-order valence-electron chi connectivity index (χ2n) is 12.6. The highest BCUT2D eigenvalue weighted by Crippen LogP contribution is 2.36. The van der Waals surface area contributed by atoms with E-state index >= 15 is 0 Å². The monoisotopic (exact) mass is 659 g/mol. The van der Waals surface area contributed by atoms with Crippen LogP contribution in [0.15, 0.2) is 77.7 Å². The lowest BCUT2D eigenvalue weighted by molar-refractivity contribution is -0.131. The summed E-state index contributed by atoms with van der Waals surface area (Å²) in [7, 11) is 0. The summed E-state index contributed by atoms with van der Waals surface area (Å²) in [5, 5.41) is 17.1. The zero-order valence-electron chi connectivity index (χ0n) is 27.8. The van der Waals surface area contributed by atoms with Crippen molar-refractivity contribution in [3.63, 3.8) is 0 Å². The van der Waals surface area contributed by atoms with Gasteiger partial charge in [-0.3, -0.25) is 14.4 Å². The molecule has 252 valence electrons. The van der Waals surface area contributed by atoms with Crippen LogP contribution >= 0.6 is 11.8 Å². The van der Waals surface area contributed by atoms with Crippen LogP contribution in [0, 0.1) is 25.7 Å². The average molecular weight is 660 g/mol. The molecule has 0 spiro atoms. The van der Waals surface area contributed by atoms with E-state index in [1.165, 1.54) is 50.2 Å². The lowest BCUT2D eigenvalue weighted by atomic mass is 9.75. The van der Waals surface area contributed by atoms with Crippen LogP contribution in [0.3, 0.4) is 0 Å². The summed E-state index contributed by atoms with van der Waals surface area (Å²) in [5.41, 5.74) is 3.42. The van der Waals surface area contributed by atoms with E-state index < -0.39 is 18.1 Å². The molecule has 2 aliphatic rings. The highest BCUT2D eigenvalue weighted by atomic mass is 32.2. The molecule has 2 amide bonds. The molecule has 3 aromatic rings. The van der Waals surface area contributed by atoms with Crippen LogP contribution in [0.4, 0.5) is 0 Å². The minimum absolute atomic E-state index is 0.273. The fraction of sp³-hybridized carbons (Fsp3) is 0.447. The first-order valence-electron chi connectivity index (χ1n) is 16.6. The molecule has 0 unspecified atom stereocenters. The fourth-order valence-electron chi connectivity index (χ4n) is 6.52. The number of fused-ring (bicyclic) bond motifs is 1. The lowest BCUT2D eigenvalue weighted by Crippen LogP contribution is -2.52. The Morgan fingerprint density at radius 1 is 0.979 bits per heavy atom. The predicted molar refractivity (Wildman–Crippen MR) is 188 cm³/mol. The number of ether oxygens (including phenoxy) is 1. The molecular weight excluding hydrogens is 611 g/mol. The van der Waals surface area contributed by atoms with Crippen LogP contribution in [0.25, 0.3) is 0 Å². The van der Waals surface area contributed by atoms with Crippen LogP contribution in [0.5, 0.6) is 5.75 Å². The van der Waals surface area contributed by atoms with E-state index in [1.807, 2.05) is 61.5 Å². The molecule has 8 nitrogen and oxygen atoms in total. The number of benzene rings is 3. The molecule has 0 radical (unpaired) electrons. The number of aliphatic hydroxyl groups excluding tert-OH is 1. The van der Waals surface area contributed by atoms with Gasteiger partial charge in [0.05, 0.1) is 12.1 Å². The number of nitrogens with zero attached hydrogens (tertiary/aromatic N) is 1. The second kappa shape index (κ2) is 18.6. The molecule has 9 heteroatoms. The van der Waals surface area contributed by atoms with Gasteiger partial charge in [-0.1, -0.05) is 67.8 Å². The molecule has 1 saturated heterocycles. The van der Waals surface area contributed by atoms with Gasteiger partial charge in [0.2, 0.25) is 6.41 Å². The topological polar surface area (TPSA) is 108 Å². The van der Waals surface area contributed by atoms with Gasteiger partial charge < -0.3 is 25.4 Å². The van der Waals surface area contributed by atoms with E-state index in [-0.39, 0.29) is 5.91 Å². The maximum absolute atomic E-state index is 13.3. The van der Waals surface area contributed by atoms with Crippen LogP contribution in [-0.4, -0.2) is 65.8 Å². The number of nitrogens with one attached hydrogen (secondary N) is 2. The Balaban J connectivity index is 0.000000385. The third-order valence-electron chi connectivity index (χ3n) is 9.19. The molecule has 1 aliphatic carbocycles. The van der Waals surface area contributed by atoms with Gasteiger partial charge in [0.1, 0.15) is 5.75 Å². The summed E-state index contributed by atoms with van der Waals surface area (Å²) in [6, 6.07) is 22.7. The van der Waals surface area contributed by atoms with Gasteiger partial charge in [0, 0.05) is 48.3 Å². The minimum atomic E-state index is -0.692. The second-order valence-corrected chi connectivity index (χ2v) is 13.7. The number of amides is 2. The molecule has 1 saturated carbocycles. The lowest BCUT2D eigenvalue weighted by Gasteiger charge is -2.42. The van der Waals surface area contributed by atoms with Crippen molar-refractivity contribution in [1.82, 2.24) is 15.5 Å². The number of thioether (sulfide) groups is 1. The Morgan fingerprint density at radius 2 is 1.70 bits per heavy atom. The van der Waals surface area contributed by atoms with Crippen molar-refractivity contribution in [3.8, 4) is 5.75 Å². The Bertz CT molecular complexity index is 1450. The molecular formula is C38H49N3O5S. The van der Waals surface area contributed by atoms with E-state index in [0.717, 1.165) is 29.8 Å². The van der Waals surface area contributed by atoms with Gasteiger partial charge in [-0.15, -0.1) is 11.8 Å². The maximum Gasteiger partial charge on any atom is 0.308 e. The third-order valence-corrected chi connectivity index (χ3v) is 10.3. The normalized spacial score (nSPS) is 18.8. The number of β-amino-alcohol motifs (C(OH)–C–C–N with tert-alkyl or cyclic N) is 1. The number of rotatable bonds is 12.